The van der Waals surface area contributed by atoms with Gasteiger partial charge in [0.1, 0.15) is 0 Å². The molecule has 1 aromatic rings. The van der Waals surface area contributed by atoms with Gasteiger partial charge in [0.05, 0.1) is 6.04 Å². The molecule has 0 fully saturated rings. The monoisotopic (exact) mass is 296 g/mol. The molecule has 0 bridgehead atoms. The molecule has 17 heavy (non-hydrogen) atoms. The summed E-state index contributed by atoms with van der Waals surface area (Å²) in [6.45, 7) is 5.65. The van der Waals surface area contributed by atoms with Crippen LogP contribution in [-0.4, -0.2) is 23.4 Å². The zero-order valence-electron chi connectivity index (χ0n) is 10.2. The van der Waals surface area contributed by atoms with Crippen LogP contribution in [0.5, 0.6) is 0 Å². The van der Waals surface area contributed by atoms with Crippen LogP contribution in [0.15, 0.2) is 16.6 Å². The molecule has 3 nitrogen and oxygen atoms in total. The van der Waals surface area contributed by atoms with Crippen molar-refractivity contribution in [1.29, 1.82) is 0 Å². The number of nitrogens with two attached hydrogens (primary N) is 1. The van der Waals surface area contributed by atoms with Crippen LogP contribution in [0.3, 0.4) is 0 Å². The van der Waals surface area contributed by atoms with Crippen molar-refractivity contribution in [3.63, 3.8) is 0 Å². The molecular formula is C13H17BrN2O. The predicted octanol–water partition coefficient (Wildman–Crippen LogP) is 1.99. The lowest BCUT2D eigenvalue weighted by atomic mass is 9.97. The van der Waals surface area contributed by atoms with Gasteiger partial charge in [-0.2, -0.15) is 0 Å². The topological polar surface area (TPSA) is 46.3 Å². The number of rotatable bonds is 2. The molecule has 1 atom stereocenters. The van der Waals surface area contributed by atoms with E-state index in [2.05, 4.69) is 39.9 Å². The number of fused-ring (bicyclic) bond motifs is 1. The number of benzene rings is 1. The summed E-state index contributed by atoms with van der Waals surface area (Å²) in [7, 11) is 0. The molecule has 0 spiro atoms. The second-order valence-corrected chi connectivity index (χ2v) is 5.54. The Morgan fingerprint density at radius 1 is 1.53 bits per heavy atom. The Morgan fingerprint density at radius 3 is 2.88 bits per heavy atom. The van der Waals surface area contributed by atoms with Gasteiger partial charge in [0.25, 0.3) is 0 Å². The highest BCUT2D eigenvalue weighted by Gasteiger charge is 2.24. The zero-order chi connectivity index (χ0) is 12.6. The minimum Gasteiger partial charge on any atom is -0.368 e. The Bertz CT molecular complexity index is 459. The summed E-state index contributed by atoms with van der Waals surface area (Å²) in [5.74, 6) is -0.250. The average molecular weight is 297 g/mol. The third-order valence-corrected chi connectivity index (χ3v) is 4.12. The number of carbonyl (C=O) groups excluding carboxylic acids is 1. The van der Waals surface area contributed by atoms with Gasteiger partial charge in [-0.3, -0.25) is 9.69 Å². The lowest BCUT2D eigenvalue weighted by molar-refractivity contribution is -0.123. The van der Waals surface area contributed by atoms with Crippen LogP contribution in [0, 0.1) is 6.92 Å². The second kappa shape index (κ2) is 4.78. The standard InChI is InChI=1S/C13H17BrN2O/c1-8-5-10-7-16(9(2)13(15)17)4-3-11(10)12(14)6-8/h5-6,9H,3-4,7H2,1-2H3,(H2,15,17). The maximum absolute atomic E-state index is 11.2. The number of aryl methyl sites for hydroxylation is 1. The number of primary amides is 1. The molecular weight excluding hydrogens is 280 g/mol. The van der Waals surface area contributed by atoms with Gasteiger partial charge in [-0.1, -0.05) is 22.0 Å². The molecule has 0 radical (unpaired) electrons. The van der Waals surface area contributed by atoms with E-state index in [1.807, 2.05) is 6.92 Å². The quantitative estimate of drug-likeness (QED) is 0.907. The molecule has 1 aliphatic rings. The second-order valence-electron chi connectivity index (χ2n) is 4.68. The number of carbonyl (C=O) groups is 1. The number of halogens is 1. The largest absolute Gasteiger partial charge is 0.368 e. The first-order chi connectivity index (χ1) is 7.99. The fourth-order valence-corrected chi connectivity index (χ4v) is 3.14. The van der Waals surface area contributed by atoms with Gasteiger partial charge in [-0.25, -0.2) is 0 Å². The van der Waals surface area contributed by atoms with E-state index in [-0.39, 0.29) is 11.9 Å². The molecule has 0 aromatic heterocycles. The Hall–Kier alpha value is -0.870. The molecule has 1 unspecified atom stereocenters. The van der Waals surface area contributed by atoms with Crippen molar-refractivity contribution in [2.45, 2.75) is 32.9 Å². The van der Waals surface area contributed by atoms with Gasteiger partial charge in [0.2, 0.25) is 5.91 Å². The SMILES string of the molecule is Cc1cc(Br)c2c(c1)CN(C(C)C(N)=O)CC2. The first-order valence-electron chi connectivity index (χ1n) is 5.80. The van der Waals surface area contributed by atoms with Gasteiger partial charge in [0, 0.05) is 17.6 Å². The molecule has 0 saturated carbocycles. The van der Waals surface area contributed by atoms with E-state index in [0.717, 1.165) is 19.5 Å². The van der Waals surface area contributed by atoms with Crippen molar-refractivity contribution in [3.8, 4) is 0 Å². The summed E-state index contributed by atoms with van der Waals surface area (Å²) in [5.41, 5.74) is 9.26. The molecule has 1 aromatic carbocycles. The van der Waals surface area contributed by atoms with Crippen molar-refractivity contribution >= 4 is 21.8 Å². The van der Waals surface area contributed by atoms with E-state index in [4.69, 9.17) is 5.73 Å². The zero-order valence-corrected chi connectivity index (χ0v) is 11.8. The Balaban J connectivity index is 2.27. The molecule has 0 saturated heterocycles. The van der Waals surface area contributed by atoms with Crippen LogP contribution >= 0.6 is 15.9 Å². The normalized spacial score (nSPS) is 17.6. The molecule has 1 amide bonds. The van der Waals surface area contributed by atoms with E-state index in [9.17, 15) is 4.79 Å². The molecule has 0 aliphatic carbocycles. The highest BCUT2D eigenvalue weighted by Crippen LogP contribution is 2.28. The van der Waals surface area contributed by atoms with Gasteiger partial charge < -0.3 is 5.73 Å². The third kappa shape index (κ3) is 2.53. The maximum Gasteiger partial charge on any atom is 0.234 e. The Labute approximate surface area is 110 Å². The predicted molar refractivity (Wildman–Crippen MR) is 71.6 cm³/mol. The molecule has 2 rings (SSSR count). The number of amides is 1. The van der Waals surface area contributed by atoms with Crippen molar-refractivity contribution in [2.75, 3.05) is 6.54 Å². The summed E-state index contributed by atoms with van der Waals surface area (Å²) in [4.78, 5) is 13.4. The summed E-state index contributed by atoms with van der Waals surface area (Å²) >= 11 is 3.61. The van der Waals surface area contributed by atoms with Crippen molar-refractivity contribution in [1.82, 2.24) is 4.90 Å². The molecule has 2 N–H and O–H groups in total. The lowest BCUT2D eigenvalue weighted by Crippen LogP contribution is -2.45. The molecule has 92 valence electrons. The van der Waals surface area contributed by atoms with E-state index in [1.165, 1.54) is 21.2 Å². The van der Waals surface area contributed by atoms with Crippen LogP contribution in [0.25, 0.3) is 0 Å². The number of hydrogen-bond donors (Lipinski definition) is 1. The van der Waals surface area contributed by atoms with Crippen LogP contribution in [0.1, 0.15) is 23.6 Å². The fraction of sp³-hybridized carbons (Fsp3) is 0.462. The minimum atomic E-state index is -0.250. The molecule has 4 heteroatoms. The highest BCUT2D eigenvalue weighted by atomic mass is 79.9. The first kappa shape index (κ1) is 12.6. The van der Waals surface area contributed by atoms with Gasteiger partial charge in [-0.05, 0) is 43.0 Å². The van der Waals surface area contributed by atoms with E-state index >= 15 is 0 Å². The average Bonchev–Trinajstić information content (AvgIpc) is 2.26. The smallest absolute Gasteiger partial charge is 0.234 e. The van der Waals surface area contributed by atoms with Gasteiger partial charge in [0.15, 0.2) is 0 Å². The minimum absolute atomic E-state index is 0.192. The maximum atomic E-state index is 11.2. The van der Waals surface area contributed by atoms with Crippen molar-refractivity contribution < 1.29 is 4.79 Å². The van der Waals surface area contributed by atoms with Crippen LogP contribution in [0.2, 0.25) is 0 Å². The van der Waals surface area contributed by atoms with Gasteiger partial charge >= 0.3 is 0 Å². The van der Waals surface area contributed by atoms with Crippen molar-refractivity contribution in [2.24, 2.45) is 5.73 Å². The van der Waals surface area contributed by atoms with Crippen LogP contribution in [0.4, 0.5) is 0 Å². The molecule has 1 aliphatic heterocycles. The third-order valence-electron chi connectivity index (χ3n) is 3.41. The van der Waals surface area contributed by atoms with E-state index < -0.39 is 0 Å². The van der Waals surface area contributed by atoms with E-state index in [1.54, 1.807) is 0 Å². The number of hydrogen-bond acceptors (Lipinski definition) is 2. The summed E-state index contributed by atoms with van der Waals surface area (Å²) in [5, 5.41) is 0. The highest BCUT2D eigenvalue weighted by molar-refractivity contribution is 9.10. The Kier molecular flexibility index (Phi) is 3.54. The van der Waals surface area contributed by atoms with Gasteiger partial charge in [-0.15, -0.1) is 0 Å². The first-order valence-corrected chi connectivity index (χ1v) is 6.59. The Morgan fingerprint density at radius 2 is 2.24 bits per heavy atom. The number of nitrogens with zero attached hydrogens (tertiary/aromatic N) is 1. The summed E-state index contributed by atoms with van der Waals surface area (Å²) < 4.78 is 1.18. The van der Waals surface area contributed by atoms with Crippen LogP contribution < -0.4 is 5.73 Å². The molecule has 1 heterocycles. The lowest BCUT2D eigenvalue weighted by Gasteiger charge is -2.32. The van der Waals surface area contributed by atoms with E-state index in [0.29, 0.717) is 0 Å². The summed E-state index contributed by atoms with van der Waals surface area (Å²) in [6.07, 6.45) is 0.966. The fourth-order valence-electron chi connectivity index (χ4n) is 2.33. The summed E-state index contributed by atoms with van der Waals surface area (Å²) in [6, 6.07) is 4.15. The van der Waals surface area contributed by atoms with Crippen molar-refractivity contribution in [3.05, 3.63) is 33.3 Å². The van der Waals surface area contributed by atoms with Crippen LogP contribution in [-0.2, 0) is 17.8 Å².